The first kappa shape index (κ1) is 16.0. The summed E-state index contributed by atoms with van der Waals surface area (Å²) in [5.74, 6) is 0.177. The fourth-order valence-electron chi connectivity index (χ4n) is 3.31. The van der Waals surface area contributed by atoms with E-state index in [1.807, 2.05) is 11.8 Å². The second kappa shape index (κ2) is 6.30. The molecule has 0 aromatic heterocycles. The molecule has 1 saturated heterocycles. The smallest absolute Gasteiger partial charge is 0.230 e. The van der Waals surface area contributed by atoms with Crippen molar-refractivity contribution in [3.8, 4) is 0 Å². The Morgan fingerprint density at radius 1 is 1.35 bits per heavy atom. The van der Waals surface area contributed by atoms with Gasteiger partial charge >= 0.3 is 0 Å². The van der Waals surface area contributed by atoms with Crippen molar-refractivity contribution in [2.45, 2.75) is 38.0 Å². The van der Waals surface area contributed by atoms with Crippen LogP contribution in [-0.2, 0) is 15.0 Å². The van der Waals surface area contributed by atoms with E-state index in [0.717, 1.165) is 31.4 Å². The quantitative estimate of drug-likeness (QED) is 0.874. The second-order valence-electron chi connectivity index (χ2n) is 6.85. The molecule has 1 atom stereocenters. The van der Waals surface area contributed by atoms with Crippen LogP contribution < -0.4 is 5.32 Å². The lowest BCUT2D eigenvalue weighted by Crippen LogP contribution is -2.40. The Bertz CT molecular complexity index is 596. The van der Waals surface area contributed by atoms with E-state index < -0.39 is 5.41 Å². The van der Waals surface area contributed by atoms with Crippen LogP contribution in [0.3, 0.4) is 0 Å². The molecule has 1 aromatic rings. The minimum atomic E-state index is -0.475. The number of hydrogen-bond donors (Lipinski definition) is 1. The number of amides is 2. The molecule has 0 spiro atoms. The van der Waals surface area contributed by atoms with Gasteiger partial charge in [0.2, 0.25) is 11.8 Å². The van der Waals surface area contributed by atoms with Crippen molar-refractivity contribution < 1.29 is 14.0 Å². The fourth-order valence-corrected chi connectivity index (χ4v) is 3.31. The number of halogens is 1. The van der Waals surface area contributed by atoms with Crippen LogP contribution >= 0.6 is 0 Å². The Kier molecular flexibility index (Phi) is 4.37. The molecule has 0 bridgehead atoms. The van der Waals surface area contributed by atoms with Gasteiger partial charge in [0, 0.05) is 26.1 Å². The van der Waals surface area contributed by atoms with Crippen LogP contribution in [0.25, 0.3) is 0 Å². The van der Waals surface area contributed by atoms with Gasteiger partial charge in [0.15, 0.2) is 0 Å². The van der Waals surface area contributed by atoms with Gasteiger partial charge < -0.3 is 10.2 Å². The molecule has 1 aliphatic heterocycles. The van der Waals surface area contributed by atoms with Gasteiger partial charge in [0.1, 0.15) is 5.82 Å². The van der Waals surface area contributed by atoms with Crippen molar-refractivity contribution in [2.24, 2.45) is 5.92 Å². The van der Waals surface area contributed by atoms with Gasteiger partial charge in [-0.15, -0.1) is 0 Å². The molecule has 124 valence electrons. The molecule has 2 fully saturated rings. The maximum absolute atomic E-state index is 13.0. The minimum Gasteiger partial charge on any atom is -0.355 e. The summed E-state index contributed by atoms with van der Waals surface area (Å²) in [5, 5.41) is 3.02. The van der Waals surface area contributed by atoms with Gasteiger partial charge in [-0.25, -0.2) is 4.39 Å². The third-order valence-electron chi connectivity index (χ3n) is 4.90. The number of nitrogens with zero attached hydrogens (tertiary/aromatic N) is 1. The average molecular weight is 318 g/mol. The molecule has 1 aliphatic carbocycles. The Balaban J connectivity index is 1.53. The van der Waals surface area contributed by atoms with Crippen LogP contribution in [0, 0.1) is 11.7 Å². The number of nitrogens with one attached hydrogen (secondary N) is 1. The van der Waals surface area contributed by atoms with E-state index in [1.54, 1.807) is 12.1 Å². The molecule has 1 aromatic carbocycles. The van der Waals surface area contributed by atoms with E-state index in [4.69, 9.17) is 0 Å². The van der Waals surface area contributed by atoms with Crippen molar-refractivity contribution in [1.29, 1.82) is 0 Å². The van der Waals surface area contributed by atoms with Crippen LogP contribution in [0.5, 0.6) is 0 Å². The lowest BCUT2D eigenvalue weighted by atomic mass is 9.94. The van der Waals surface area contributed by atoms with Crippen molar-refractivity contribution in [2.75, 3.05) is 19.6 Å². The number of hydrogen-bond acceptors (Lipinski definition) is 2. The molecular formula is C18H23FN2O2. The highest BCUT2D eigenvalue weighted by molar-refractivity contribution is 5.91. The number of carbonyl (C=O) groups is 2. The first-order chi connectivity index (χ1) is 11.0. The summed E-state index contributed by atoms with van der Waals surface area (Å²) in [6.45, 7) is 4.13. The van der Waals surface area contributed by atoms with Crippen LogP contribution in [0.1, 0.15) is 38.2 Å². The maximum atomic E-state index is 13.0. The highest BCUT2D eigenvalue weighted by Gasteiger charge is 2.51. The van der Waals surface area contributed by atoms with Gasteiger partial charge in [-0.1, -0.05) is 19.1 Å². The van der Waals surface area contributed by atoms with E-state index in [9.17, 15) is 14.0 Å². The summed E-state index contributed by atoms with van der Waals surface area (Å²) in [7, 11) is 0. The topological polar surface area (TPSA) is 49.4 Å². The fraction of sp³-hybridized carbons (Fsp3) is 0.556. The average Bonchev–Trinajstić information content (AvgIpc) is 3.25. The Morgan fingerprint density at radius 3 is 2.61 bits per heavy atom. The van der Waals surface area contributed by atoms with Crippen molar-refractivity contribution in [3.63, 3.8) is 0 Å². The van der Waals surface area contributed by atoms with Crippen LogP contribution in [0.15, 0.2) is 24.3 Å². The van der Waals surface area contributed by atoms with Gasteiger partial charge in [0.25, 0.3) is 0 Å². The third kappa shape index (κ3) is 3.38. The predicted molar refractivity (Wildman–Crippen MR) is 85.3 cm³/mol. The first-order valence-corrected chi connectivity index (χ1v) is 8.33. The minimum absolute atomic E-state index is 0.0173. The molecule has 0 unspecified atom stereocenters. The summed E-state index contributed by atoms with van der Waals surface area (Å²) in [4.78, 5) is 26.0. The molecule has 3 rings (SSSR count). The molecule has 5 heteroatoms. The van der Waals surface area contributed by atoms with Crippen molar-refractivity contribution in [3.05, 3.63) is 35.6 Å². The molecule has 23 heavy (non-hydrogen) atoms. The normalized spacial score (nSPS) is 20.4. The molecule has 0 radical (unpaired) electrons. The zero-order valence-electron chi connectivity index (χ0n) is 13.5. The van der Waals surface area contributed by atoms with Crippen molar-refractivity contribution in [1.82, 2.24) is 10.2 Å². The third-order valence-corrected chi connectivity index (χ3v) is 4.90. The summed E-state index contributed by atoms with van der Waals surface area (Å²) in [6, 6.07) is 6.22. The summed E-state index contributed by atoms with van der Waals surface area (Å²) in [6.07, 6.45) is 3.20. The number of likely N-dealkylation sites (tertiary alicyclic amines) is 1. The zero-order valence-corrected chi connectivity index (χ0v) is 13.5. The van der Waals surface area contributed by atoms with Crippen LogP contribution in [-0.4, -0.2) is 36.3 Å². The molecular weight excluding hydrogens is 295 g/mol. The predicted octanol–water partition coefficient (Wildman–Crippen LogP) is 2.23. The Labute approximate surface area is 136 Å². The molecule has 1 saturated carbocycles. The van der Waals surface area contributed by atoms with Gasteiger partial charge in [-0.2, -0.15) is 0 Å². The maximum Gasteiger partial charge on any atom is 0.230 e. The summed E-state index contributed by atoms with van der Waals surface area (Å²) in [5.41, 5.74) is 0.412. The van der Waals surface area contributed by atoms with E-state index in [0.29, 0.717) is 19.5 Å². The highest BCUT2D eigenvalue weighted by Crippen LogP contribution is 2.48. The molecule has 2 amide bonds. The summed E-state index contributed by atoms with van der Waals surface area (Å²) < 4.78 is 13.0. The zero-order chi connectivity index (χ0) is 16.4. The first-order valence-electron chi connectivity index (χ1n) is 8.33. The SMILES string of the molecule is C[C@@H](CNC(=O)C1(c2ccc(F)cc2)CC1)CN1CCCC1=O. The van der Waals surface area contributed by atoms with Crippen LogP contribution in [0.4, 0.5) is 4.39 Å². The number of carbonyl (C=O) groups excluding carboxylic acids is 2. The van der Waals surface area contributed by atoms with Gasteiger partial charge in [-0.3, -0.25) is 9.59 Å². The molecule has 1 N–H and O–H groups in total. The second-order valence-corrected chi connectivity index (χ2v) is 6.85. The molecule has 2 aliphatic rings. The Hall–Kier alpha value is -1.91. The van der Waals surface area contributed by atoms with Crippen molar-refractivity contribution >= 4 is 11.8 Å². The number of rotatable bonds is 6. The molecule has 4 nitrogen and oxygen atoms in total. The lowest BCUT2D eigenvalue weighted by molar-refractivity contribution is -0.128. The standard InChI is InChI=1S/C18H23FN2O2/c1-13(12-21-10-2-3-16(21)22)11-20-17(23)18(8-9-18)14-4-6-15(19)7-5-14/h4-7,13H,2-3,8-12H2,1H3,(H,20,23)/t13-/m0/s1. The lowest BCUT2D eigenvalue weighted by Gasteiger charge is -2.22. The highest BCUT2D eigenvalue weighted by atomic mass is 19.1. The Morgan fingerprint density at radius 2 is 2.04 bits per heavy atom. The monoisotopic (exact) mass is 318 g/mol. The largest absolute Gasteiger partial charge is 0.355 e. The van der Waals surface area contributed by atoms with Gasteiger partial charge in [0.05, 0.1) is 5.41 Å². The van der Waals surface area contributed by atoms with E-state index >= 15 is 0 Å². The summed E-state index contributed by atoms with van der Waals surface area (Å²) >= 11 is 0. The van der Waals surface area contributed by atoms with E-state index in [1.165, 1.54) is 12.1 Å². The van der Waals surface area contributed by atoms with E-state index in [-0.39, 0.29) is 23.5 Å². The van der Waals surface area contributed by atoms with Gasteiger partial charge in [-0.05, 0) is 42.9 Å². The van der Waals surface area contributed by atoms with Crippen LogP contribution in [0.2, 0.25) is 0 Å². The number of benzene rings is 1. The molecule has 1 heterocycles. The van der Waals surface area contributed by atoms with E-state index in [2.05, 4.69) is 5.32 Å².